The second-order valence-corrected chi connectivity index (χ2v) is 5.47. The lowest BCUT2D eigenvalue weighted by Crippen LogP contribution is -2.31. The van der Waals surface area contributed by atoms with Gasteiger partial charge < -0.3 is 23.7 Å². The number of fused-ring (bicyclic) bond motifs is 1. The molecule has 1 aromatic rings. The van der Waals surface area contributed by atoms with Crippen LogP contribution in [-0.4, -0.2) is 36.7 Å². The highest BCUT2D eigenvalue weighted by Gasteiger charge is 2.55. The molecule has 108 valence electrons. The first-order valence-corrected chi connectivity index (χ1v) is 6.71. The molecular formula is C15H18O5. The van der Waals surface area contributed by atoms with E-state index in [4.69, 9.17) is 18.9 Å². The van der Waals surface area contributed by atoms with E-state index in [9.17, 15) is 4.79 Å². The smallest absolute Gasteiger partial charge is 0.187 e. The van der Waals surface area contributed by atoms with Gasteiger partial charge in [0, 0.05) is 0 Å². The van der Waals surface area contributed by atoms with Crippen LogP contribution in [0.2, 0.25) is 0 Å². The number of aldehydes is 1. The molecule has 2 saturated heterocycles. The van der Waals surface area contributed by atoms with Crippen molar-refractivity contribution < 1.29 is 23.7 Å². The highest BCUT2D eigenvalue weighted by atomic mass is 16.8. The maximum Gasteiger partial charge on any atom is 0.187 e. The summed E-state index contributed by atoms with van der Waals surface area (Å²) in [6.07, 6.45) is -1.25. The van der Waals surface area contributed by atoms with Crippen molar-refractivity contribution in [1.82, 2.24) is 0 Å². The summed E-state index contributed by atoms with van der Waals surface area (Å²) in [5, 5.41) is 0. The average Bonchev–Trinajstić information content (AvgIpc) is 2.91. The van der Waals surface area contributed by atoms with Crippen molar-refractivity contribution >= 4 is 6.29 Å². The minimum absolute atomic E-state index is 0.371. The second kappa shape index (κ2) is 5.26. The van der Waals surface area contributed by atoms with Crippen LogP contribution in [0.1, 0.15) is 19.4 Å². The van der Waals surface area contributed by atoms with Gasteiger partial charge in [-0.25, -0.2) is 0 Å². The van der Waals surface area contributed by atoms with E-state index in [-0.39, 0.29) is 6.10 Å². The molecule has 0 aromatic heterocycles. The number of carbonyl (C=O) groups excluding carboxylic acids is 1. The fourth-order valence-corrected chi connectivity index (χ4v) is 2.59. The zero-order chi connectivity index (χ0) is 14.2. The Kier molecular flexibility index (Phi) is 3.60. The predicted molar refractivity (Wildman–Crippen MR) is 69.8 cm³/mol. The van der Waals surface area contributed by atoms with Gasteiger partial charge in [0.1, 0.15) is 18.3 Å². The fourth-order valence-electron chi connectivity index (χ4n) is 2.59. The Morgan fingerprint density at radius 1 is 1.20 bits per heavy atom. The van der Waals surface area contributed by atoms with E-state index >= 15 is 0 Å². The third-order valence-corrected chi connectivity index (χ3v) is 3.44. The Morgan fingerprint density at radius 3 is 2.60 bits per heavy atom. The third-order valence-electron chi connectivity index (χ3n) is 3.44. The number of hydrogen-bond donors (Lipinski definition) is 0. The highest BCUT2D eigenvalue weighted by Crippen LogP contribution is 2.38. The van der Waals surface area contributed by atoms with E-state index in [1.807, 2.05) is 44.2 Å². The van der Waals surface area contributed by atoms with E-state index in [1.54, 1.807) is 0 Å². The molecule has 2 aliphatic heterocycles. The summed E-state index contributed by atoms with van der Waals surface area (Å²) in [5.41, 5.74) is 1.04. The molecule has 5 heteroatoms. The minimum Gasteiger partial charge on any atom is -0.345 e. The fraction of sp³-hybridized carbons (Fsp3) is 0.533. The monoisotopic (exact) mass is 278 g/mol. The van der Waals surface area contributed by atoms with E-state index in [0.29, 0.717) is 6.61 Å². The van der Waals surface area contributed by atoms with Crippen molar-refractivity contribution in [3.8, 4) is 0 Å². The van der Waals surface area contributed by atoms with Gasteiger partial charge in [-0.3, -0.25) is 0 Å². The first-order chi connectivity index (χ1) is 9.59. The Labute approximate surface area is 117 Å². The lowest BCUT2D eigenvalue weighted by Gasteiger charge is -2.22. The van der Waals surface area contributed by atoms with E-state index in [1.165, 1.54) is 0 Å². The number of rotatable bonds is 4. The minimum atomic E-state index is -0.714. The standard InChI is InChI=1S/C15H18O5/c1-15(2)19-12-11(8-16)18-14(13(12)20-15)17-9-10-6-4-3-5-7-10/h3-8,11-14H,9H2,1-2H3/t11-,12?,13?,14-/m1/s1. The largest absolute Gasteiger partial charge is 0.345 e. The Morgan fingerprint density at radius 2 is 1.90 bits per heavy atom. The van der Waals surface area contributed by atoms with Crippen molar-refractivity contribution in [2.24, 2.45) is 0 Å². The molecule has 2 heterocycles. The molecule has 5 nitrogen and oxygen atoms in total. The third kappa shape index (κ3) is 2.62. The molecule has 0 bridgehead atoms. The lowest BCUT2D eigenvalue weighted by molar-refractivity contribution is -0.232. The van der Waals surface area contributed by atoms with Crippen LogP contribution in [0, 0.1) is 0 Å². The van der Waals surface area contributed by atoms with Gasteiger partial charge >= 0.3 is 0 Å². The number of ether oxygens (including phenoxy) is 4. The summed E-state index contributed by atoms with van der Waals surface area (Å²) in [6.45, 7) is 4.05. The zero-order valence-corrected chi connectivity index (χ0v) is 11.5. The van der Waals surface area contributed by atoms with Gasteiger partial charge in [-0.2, -0.15) is 0 Å². The van der Waals surface area contributed by atoms with Gasteiger partial charge in [-0.05, 0) is 19.4 Å². The van der Waals surface area contributed by atoms with Crippen molar-refractivity contribution in [3.05, 3.63) is 35.9 Å². The molecule has 0 saturated carbocycles. The quantitative estimate of drug-likeness (QED) is 0.784. The number of carbonyl (C=O) groups is 1. The van der Waals surface area contributed by atoms with Crippen LogP contribution in [-0.2, 0) is 30.3 Å². The zero-order valence-electron chi connectivity index (χ0n) is 11.5. The molecule has 2 aliphatic rings. The molecule has 0 N–H and O–H groups in total. The van der Waals surface area contributed by atoms with Crippen LogP contribution in [0.5, 0.6) is 0 Å². The molecule has 0 spiro atoms. The Hall–Kier alpha value is -1.27. The maximum atomic E-state index is 11.1. The molecular weight excluding hydrogens is 260 g/mol. The molecule has 2 fully saturated rings. The van der Waals surface area contributed by atoms with E-state index < -0.39 is 24.3 Å². The summed E-state index contributed by atoms with van der Waals surface area (Å²) >= 11 is 0. The maximum absolute atomic E-state index is 11.1. The van der Waals surface area contributed by atoms with Gasteiger partial charge in [0.25, 0.3) is 0 Å². The van der Waals surface area contributed by atoms with E-state index in [2.05, 4.69) is 0 Å². The number of hydrogen-bond acceptors (Lipinski definition) is 5. The van der Waals surface area contributed by atoms with Crippen molar-refractivity contribution in [2.45, 2.75) is 50.8 Å². The Balaban J connectivity index is 1.66. The highest BCUT2D eigenvalue weighted by molar-refractivity contribution is 5.58. The summed E-state index contributed by atoms with van der Waals surface area (Å²) in [5.74, 6) is -0.714. The summed E-state index contributed by atoms with van der Waals surface area (Å²) in [6, 6.07) is 9.79. The van der Waals surface area contributed by atoms with Gasteiger partial charge in [0.05, 0.1) is 6.61 Å². The van der Waals surface area contributed by atoms with Gasteiger partial charge in [-0.1, -0.05) is 30.3 Å². The number of benzene rings is 1. The SMILES string of the molecule is CC1(C)OC2C(O1)[C@@H](C=O)O[C@H]2OCc1ccccc1. The van der Waals surface area contributed by atoms with Crippen LogP contribution >= 0.6 is 0 Å². The molecule has 0 amide bonds. The van der Waals surface area contributed by atoms with E-state index in [0.717, 1.165) is 11.8 Å². The van der Waals surface area contributed by atoms with Crippen LogP contribution in [0.3, 0.4) is 0 Å². The molecule has 2 unspecified atom stereocenters. The van der Waals surface area contributed by atoms with Crippen molar-refractivity contribution in [1.29, 1.82) is 0 Å². The molecule has 4 atom stereocenters. The predicted octanol–water partition coefficient (Wildman–Crippen LogP) is 1.65. The normalized spacial score (nSPS) is 34.9. The van der Waals surface area contributed by atoms with Gasteiger partial charge in [0.15, 0.2) is 18.4 Å². The summed E-state index contributed by atoms with van der Waals surface area (Å²) in [4.78, 5) is 11.1. The first kappa shape index (κ1) is 13.7. The molecule has 0 aliphatic carbocycles. The van der Waals surface area contributed by atoms with Crippen molar-refractivity contribution in [3.63, 3.8) is 0 Å². The summed E-state index contributed by atoms with van der Waals surface area (Å²) in [7, 11) is 0. The average molecular weight is 278 g/mol. The van der Waals surface area contributed by atoms with Crippen LogP contribution in [0.25, 0.3) is 0 Å². The van der Waals surface area contributed by atoms with Gasteiger partial charge in [-0.15, -0.1) is 0 Å². The van der Waals surface area contributed by atoms with Crippen LogP contribution < -0.4 is 0 Å². The van der Waals surface area contributed by atoms with Gasteiger partial charge in [0.2, 0.25) is 0 Å². The molecule has 0 radical (unpaired) electrons. The topological polar surface area (TPSA) is 54.0 Å². The second-order valence-electron chi connectivity index (χ2n) is 5.47. The summed E-state index contributed by atoms with van der Waals surface area (Å²) < 4.78 is 22.8. The van der Waals surface area contributed by atoms with Crippen molar-refractivity contribution in [2.75, 3.05) is 0 Å². The Bertz CT molecular complexity index is 472. The molecule has 1 aromatic carbocycles. The van der Waals surface area contributed by atoms with Crippen LogP contribution in [0.4, 0.5) is 0 Å². The van der Waals surface area contributed by atoms with Crippen LogP contribution in [0.15, 0.2) is 30.3 Å². The molecule has 3 rings (SSSR count). The lowest BCUT2D eigenvalue weighted by atomic mass is 10.1. The first-order valence-electron chi connectivity index (χ1n) is 6.71. The molecule has 20 heavy (non-hydrogen) atoms.